The van der Waals surface area contributed by atoms with Gasteiger partial charge in [-0.1, -0.05) is 13.8 Å². The molecule has 0 bridgehead atoms. The van der Waals surface area contributed by atoms with Crippen molar-refractivity contribution in [1.82, 2.24) is 4.98 Å². The molecule has 0 aliphatic rings. The Morgan fingerprint density at radius 3 is 2.88 bits per heavy atom. The van der Waals surface area contributed by atoms with Crippen LogP contribution in [0.25, 0.3) is 0 Å². The fourth-order valence-corrected chi connectivity index (χ4v) is 1.49. The topological polar surface area (TPSA) is 86.0 Å². The van der Waals surface area contributed by atoms with E-state index in [4.69, 9.17) is 10.4 Å². The van der Waals surface area contributed by atoms with Crippen molar-refractivity contribution in [3.63, 3.8) is 0 Å². The van der Waals surface area contributed by atoms with Crippen LogP contribution >= 0.6 is 0 Å². The molecule has 1 atom stereocenters. The largest absolute Gasteiger partial charge is 0.480 e. The fourth-order valence-electron chi connectivity index (χ4n) is 1.49. The summed E-state index contributed by atoms with van der Waals surface area (Å²) in [6.45, 7) is 3.90. The first kappa shape index (κ1) is 13.0. The van der Waals surface area contributed by atoms with Crippen LogP contribution in [-0.2, 0) is 4.79 Å². The van der Waals surface area contributed by atoms with Crippen LogP contribution in [0.5, 0.6) is 0 Å². The molecule has 2 N–H and O–H groups in total. The molecule has 1 unspecified atom stereocenters. The molecule has 0 spiro atoms. The molecule has 1 rings (SSSR count). The highest BCUT2D eigenvalue weighted by atomic mass is 16.4. The second kappa shape index (κ2) is 5.85. The Labute approximate surface area is 100 Å². The summed E-state index contributed by atoms with van der Waals surface area (Å²) in [7, 11) is 0. The van der Waals surface area contributed by atoms with E-state index in [1.807, 2.05) is 19.9 Å². The van der Waals surface area contributed by atoms with Gasteiger partial charge in [0.2, 0.25) is 0 Å². The number of anilines is 1. The second-order valence-electron chi connectivity index (χ2n) is 4.18. The molecule has 0 amide bonds. The number of hydrogen-bond acceptors (Lipinski definition) is 4. The van der Waals surface area contributed by atoms with E-state index in [1.165, 1.54) is 6.20 Å². The number of nitrogens with one attached hydrogen (secondary N) is 1. The Hall–Kier alpha value is -2.09. The van der Waals surface area contributed by atoms with E-state index in [1.54, 1.807) is 12.1 Å². The molecule has 0 aliphatic carbocycles. The number of aliphatic carboxylic acids is 1. The van der Waals surface area contributed by atoms with Crippen LogP contribution in [0.15, 0.2) is 18.3 Å². The van der Waals surface area contributed by atoms with Gasteiger partial charge in [0.1, 0.15) is 12.1 Å². The van der Waals surface area contributed by atoms with E-state index >= 15 is 0 Å². The van der Waals surface area contributed by atoms with Gasteiger partial charge in [0, 0.05) is 6.20 Å². The maximum Gasteiger partial charge on any atom is 0.326 e. The minimum atomic E-state index is -0.925. The standard InChI is InChI=1S/C12H15N3O2/c1-8(2)6-10(12(16)17)15-9-4-3-5-14-11(9)7-13/h3-5,8,10,15H,6H2,1-2H3,(H,16,17). The lowest BCUT2D eigenvalue weighted by Gasteiger charge is -2.17. The molecule has 0 saturated heterocycles. The average Bonchev–Trinajstić information content (AvgIpc) is 2.28. The second-order valence-corrected chi connectivity index (χ2v) is 4.18. The number of rotatable bonds is 5. The molecular weight excluding hydrogens is 218 g/mol. The van der Waals surface area contributed by atoms with Gasteiger partial charge in [-0.15, -0.1) is 0 Å². The van der Waals surface area contributed by atoms with Crippen molar-refractivity contribution in [2.24, 2.45) is 5.92 Å². The normalized spacial score (nSPS) is 11.9. The average molecular weight is 233 g/mol. The Morgan fingerprint density at radius 1 is 1.65 bits per heavy atom. The quantitative estimate of drug-likeness (QED) is 0.810. The van der Waals surface area contributed by atoms with Gasteiger partial charge in [0.05, 0.1) is 5.69 Å². The van der Waals surface area contributed by atoms with Crippen molar-refractivity contribution >= 4 is 11.7 Å². The molecule has 17 heavy (non-hydrogen) atoms. The fraction of sp³-hybridized carbons (Fsp3) is 0.417. The summed E-state index contributed by atoms with van der Waals surface area (Å²) >= 11 is 0. The maximum absolute atomic E-state index is 11.1. The number of carboxylic acids is 1. The van der Waals surface area contributed by atoms with E-state index in [0.29, 0.717) is 12.1 Å². The van der Waals surface area contributed by atoms with Gasteiger partial charge in [-0.2, -0.15) is 5.26 Å². The van der Waals surface area contributed by atoms with E-state index in [-0.39, 0.29) is 11.6 Å². The van der Waals surface area contributed by atoms with E-state index in [2.05, 4.69) is 10.3 Å². The van der Waals surface area contributed by atoms with E-state index in [9.17, 15) is 4.79 Å². The van der Waals surface area contributed by atoms with E-state index in [0.717, 1.165) is 0 Å². The first-order valence-corrected chi connectivity index (χ1v) is 5.39. The molecule has 0 saturated carbocycles. The summed E-state index contributed by atoms with van der Waals surface area (Å²) in [5.74, 6) is -0.669. The van der Waals surface area contributed by atoms with E-state index < -0.39 is 12.0 Å². The molecule has 90 valence electrons. The number of hydrogen-bond donors (Lipinski definition) is 2. The predicted octanol–water partition coefficient (Wildman–Crippen LogP) is 1.86. The lowest BCUT2D eigenvalue weighted by Crippen LogP contribution is -2.31. The minimum Gasteiger partial charge on any atom is -0.480 e. The molecule has 1 aromatic rings. The predicted molar refractivity (Wildman–Crippen MR) is 63.5 cm³/mol. The van der Waals surface area contributed by atoms with Crippen LogP contribution in [-0.4, -0.2) is 22.1 Å². The maximum atomic E-state index is 11.1. The lowest BCUT2D eigenvalue weighted by atomic mass is 10.0. The van der Waals surface area contributed by atoms with Gasteiger partial charge in [-0.05, 0) is 24.5 Å². The molecule has 5 nitrogen and oxygen atoms in total. The Bertz CT molecular complexity index is 438. The molecule has 5 heteroatoms. The molecule has 0 aromatic carbocycles. The smallest absolute Gasteiger partial charge is 0.326 e. The summed E-state index contributed by atoms with van der Waals surface area (Å²) in [5, 5.41) is 20.8. The molecule has 1 aromatic heterocycles. The van der Waals surface area contributed by atoms with Gasteiger partial charge < -0.3 is 10.4 Å². The van der Waals surface area contributed by atoms with Crippen LogP contribution in [0.4, 0.5) is 5.69 Å². The van der Waals surface area contributed by atoms with Crippen LogP contribution in [0, 0.1) is 17.2 Å². The van der Waals surface area contributed by atoms with Crippen LogP contribution in [0.2, 0.25) is 0 Å². The molecule has 1 heterocycles. The Kier molecular flexibility index (Phi) is 4.46. The monoisotopic (exact) mass is 233 g/mol. The zero-order chi connectivity index (χ0) is 12.8. The van der Waals surface area contributed by atoms with Crippen molar-refractivity contribution in [3.05, 3.63) is 24.0 Å². The van der Waals surface area contributed by atoms with Crippen molar-refractivity contribution in [3.8, 4) is 6.07 Å². The number of carboxylic acid groups (broad SMARTS) is 1. The van der Waals surface area contributed by atoms with Gasteiger partial charge in [-0.3, -0.25) is 0 Å². The van der Waals surface area contributed by atoms with Gasteiger partial charge in [-0.25, -0.2) is 9.78 Å². The minimum absolute atomic E-state index is 0.211. The zero-order valence-corrected chi connectivity index (χ0v) is 9.84. The molecule has 0 radical (unpaired) electrons. The van der Waals surface area contributed by atoms with Crippen LogP contribution in [0.1, 0.15) is 26.0 Å². The van der Waals surface area contributed by atoms with Gasteiger partial charge in [0.25, 0.3) is 0 Å². The number of nitriles is 1. The molecule has 0 aliphatic heterocycles. The Balaban J connectivity index is 2.86. The molecular formula is C12H15N3O2. The number of pyridine rings is 1. The first-order valence-electron chi connectivity index (χ1n) is 5.39. The van der Waals surface area contributed by atoms with Crippen LogP contribution < -0.4 is 5.32 Å². The lowest BCUT2D eigenvalue weighted by molar-refractivity contribution is -0.138. The highest BCUT2D eigenvalue weighted by molar-refractivity contribution is 5.77. The summed E-state index contributed by atoms with van der Waals surface area (Å²) in [6, 6.07) is 4.54. The van der Waals surface area contributed by atoms with Crippen molar-refractivity contribution < 1.29 is 9.90 Å². The summed E-state index contributed by atoms with van der Waals surface area (Å²) < 4.78 is 0. The summed E-state index contributed by atoms with van der Waals surface area (Å²) in [5.41, 5.74) is 0.672. The third-order valence-electron chi connectivity index (χ3n) is 2.25. The zero-order valence-electron chi connectivity index (χ0n) is 9.84. The van der Waals surface area contributed by atoms with Gasteiger partial charge >= 0.3 is 5.97 Å². The summed E-state index contributed by atoms with van der Waals surface area (Å²) in [4.78, 5) is 14.9. The Morgan fingerprint density at radius 2 is 2.35 bits per heavy atom. The number of nitrogens with zero attached hydrogens (tertiary/aromatic N) is 2. The first-order chi connectivity index (χ1) is 8.04. The highest BCUT2D eigenvalue weighted by Gasteiger charge is 2.19. The molecule has 0 fully saturated rings. The summed E-state index contributed by atoms with van der Waals surface area (Å²) in [6.07, 6.45) is 2.00. The van der Waals surface area contributed by atoms with Gasteiger partial charge in [0.15, 0.2) is 5.69 Å². The SMILES string of the molecule is CC(C)CC(Nc1cccnc1C#N)C(=O)O. The third-order valence-corrected chi connectivity index (χ3v) is 2.25. The van der Waals surface area contributed by atoms with Crippen molar-refractivity contribution in [2.75, 3.05) is 5.32 Å². The highest BCUT2D eigenvalue weighted by Crippen LogP contribution is 2.15. The van der Waals surface area contributed by atoms with Crippen molar-refractivity contribution in [2.45, 2.75) is 26.3 Å². The number of carbonyl (C=O) groups is 1. The third kappa shape index (κ3) is 3.76. The van der Waals surface area contributed by atoms with Crippen LogP contribution in [0.3, 0.4) is 0 Å². The van der Waals surface area contributed by atoms with Crippen molar-refractivity contribution in [1.29, 1.82) is 5.26 Å². The number of aromatic nitrogens is 1.